The number of benzene rings is 1. The van der Waals surface area contributed by atoms with Crippen molar-refractivity contribution in [2.75, 3.05) is 6.54 Å². The smallest absolute Gasteiger partial charge is 0.270 e. The van der Waals surface area contributed by atoms with Crippen LogP contribution in [0.3, 0.4) is 0 Å². The lowest BCUT2D eigenvalue weighted by Gasteiger charge is -2.06. The van der Waals surface area contributed by atoms with Crippen LogP contribution in [0.15, 0.2) is 18.2 Å². The molecule has 1 aliphatic carbocycles. The Morgan fingerprint density at radius 3 is 2.83 bits per heavy atom. The van der Waals surface area contributed by atoms with E-state index in [1.807, 2.05) is 0 Å². The highest BCUT2D eigenvalue weighted by Gasteiger charge is 2.32. The van der Waals surface area contributed by atoms with Crippen LogP contribution < -0.4 is 5.32 Å². The van der Waals surface area contributed by atoms with Gasteiger partial charge >= 0.3 is 0 Å². The normalized spacial score (nSPS) is 21.4. The number of carbonyl (C=O) groups excluding carboxylic acids is 1. The van der Waals surface area contributed by atoms with E-state index in [1.165, 1.54) is 18.2 Å². The predicted molar refractivity (Wildman–Crippen MR) is 67.7 cm³/mol. The standard InChI is InChI=1S/C12H13ClN2O3/c1-7-4-8(7)6-14-12(16)10-5-9(15(17)18)2-3-11(10)13/h2-3,5,7-8H,4,6H2,1H3,(H,14,16). The second-order valence-corrected chi connectivity index (χ2v) is 5.01. The zero-order valence-electron chi connectivity index (χ0n) is 9.85. The van der Waals surface area contributed by atoms with Gasteiger partial charge in [-0.2, -0.15) is 0 Å². The minimum atomic E-state index is -0.546. The molecule has 1 fully saturated rings. The highest BCUT2D eigenvalue weighted by molar-refractivity contribution is 6.33. The summed E-state index contributed by atoms with van der Waals surface area (Å²) in [7, 11) is 0. The Morgan fingerprint density at radius 1 is 1.61 bits per heavy atom. The van der Waals surface area contributed by atoms with E-state index in [2.05, 4.69) is 12.2 Å². The van der Waals surface area contributed by atoms with Crippen LogP contribution in [-0.4, -0.2) is 17.4 Å². The van der Waals surface area contributed by atoms with Crippen LogP contribution >= 0.6 is 11.6 Å². The molecule has 96 valence electrons. The molecule has 1 amide bonds. The molecular weight excluding hydrogens is 256 g/mol. The van der Waals surface area contributed by atoms with Crippen molar-refractivity contribution in [1.82, 2.24) is 5.32 Å². The van der Waals surface area contributed by atoms with Gasteiger partial charge in [0, 0.05) is 18.7 Å². The number of hydrogen-bond acceptors (Lipinski definition) is 3. The fourth-order valence-corrected chi connectivity index (χ4v) is 2.01. The lowest BCUT2D eigenvalue weighted by atomic mass is 10.2. The fourth-order valence-electron chi connectivity index (χ4n) is 1.80. The van der Waals surface area contributed by atoms with Crippen molar-refractivity contribution in [2.24, 2.45) is 11.8 Å². The van der Waals surface area contributed by atoms with Crippen molar-refractivity contribution in [3.8, 4) is 0 Å². The Hall–Kier alpha value is -1.62. The van der Waals surface area contributed by atoms with E-state index >= 15 is 0 Å². The highest BCUT2D eigenvalue weighted by atomic mass is 35.5. The molecule has 0 heterocycles. The minimum Gasteiger partial charge on any atom is -0.352 e. The second kappa shape index (κ2) is 4.94. The van der Waals surface area contributed by atoms with Crippen molar-refractivity contribution < 1.29 is 9.72 Å². The van der Waals surface area contributed by atoms with Crippen molar-refractivity contribution in [2.45, 2.75) is 13.3 Å². The molecule has 2 rings (SSSR count). The Morgan fingerprint density at radius 2 is 2.28 bits per heavy atom. The summed E-state index contributed by atoms with van der Waals surface area (Å²) in [5, 5.41) is 13.6. The molecule has 1 saturated carbocycles. The predicted octanol–water partition coefficient (Wildman–Crippen LogP) is 2.63. The molecule has 0 bridgehead atoms. The zero-order chi connectivity index (χ0) is 13.3. The molecule has 1 aliphatic rings. The summed E-state index contributed by atoms with van der Waals surface area (Å²) in [6.45, 7) is 2.72. The van der Waals surface area contributed by atoms with Crippen molar-refractivity contribution >= 4 is 23.2 Å². The van der Waals surface area contributed by atoms with Gasteiger partial charge < -0.3 is 5.32 Å². The average Bonchev–Trinajstić information content (AvgIpc) is 3.02. The summed E-state index contributed by atoms with van der Waals surface area (Å²) in [5.74, 6) is 0.806. The van der Waals surface area contributed by atoms with Gasteiger partial charge in [-0.05, 0) is 24.3 Å². The van der Waals surface area contributed by atoms with Crippen molar-refractivity contribution in [3.63, 3.8) is 0 Å². The van der Waals surface area contributed by atoms with Crippen LogP contribution in [-0.2, 0) is 0 Å². The molecule has 2 unspecified atom stereocenters. The molecule has 0 radical (unpaired) electrons. The molecule has 5 nitrogen and oxygen atoms in total. The van der Waals surface area contributed by atoms with E-state index in [0.717, 1.165) is 6.42 Å². The summed E-state index contributed by atoms with van der Waals surface area (Å²) >= 11 is 5.87. The van der Waals surface area contributed by atoms with E-state index in [1.54, 1.807) is 0 Å². The average molecular weight is 269 g/mol. The minimum absolute atomic E-state index is 0.135. The number of halogens is 1. The maximum absolute atomic E-state index is 11.9. The summed E-state index contributed by atoms with van der Waals surface area (Å²) in [5.41, 5.74) is 0.0171. The molecule has 0 aromatic heterocycles. The van der Waals surface area contributed by atoms with Crippen molar-refractivity contribution in [3.05, 3.63) is 38.9 Å². The molecule has 1 N–H and O–H groups in total. The number of nitrogens with zero attached hydrogens (tertiary/aromatic N) is 1. The number of nitro benzene ring substituents is 1. The third-order valence-electron chi connectivity index (χ3n) is 3.21. The quantitative estimate of drug-likeness (QED) is 0.674. The van der Waals surface area contributed by atoms with Crippen LogP contribution in [0.1, 0.15) is 23.7 Å². The van der Waals surface area contributed by atoms with E-state index < -0.39 is 4.92 Å². The molecule has 0 spiro atoms. The van der Waals surface area contributed by atoms with Gasteiger partial charge in [-0.15, -0.1) is 0 Å². The van der Waals surface area contributed by atoms with E-state index in [-0.39, 0.29) is 22.2 Å². The topological polar surface area (TPSA) is 72.2 Å². The van der Waals surface area contributed by atoms with Gasteiger partial charge in [0.05, 0.1) is 15.5 Å². The number of nitrogens with one attached hydrogen (secondary N) is 1. The second-order valence-electron chi connectivity index (χ2n) is 4.60. The number of non-ortho nitro benzene ring substituents is 1. The summed E-state index contributed by atoms with van der Waals surface area (Å²) < 4.78 is 0. The Kier molecular flexibility index (Phi) is 3.52. The monoisotopic (exact) mass is 268 g/mol. The lowest BCUT2D eigenvalue weighted by molar-refractivity contribution is -0.384. The number of hydrogen-bond donors (Lipinski definition) is 1. The number of nitro groups is 1. The third kappa shape index (κ3) is 2.79. The summed E-state index contributed by atoms with van der Waals surface area (Å²) in [4.78, 5) is 22.0. The van der Waals surface area contributed by atoms with Gasteiger partial charge in [-0.25, -0.2) is 0 Å². The molecule has 1 aromatic rings. The first kappa shape index (κ1) is 12.8. The first-order chi connectivity index (χ1) is 8.49. The van der Waals surface area contributed by atoms with Crippen LogP contribution in [0.25, 0.3) is 0 Å². The van der Waals surface area contributed by atoms with Gasteiger partial charge in [0.15, 0.2) is 0 Å². The summed E-state index contributed by atoms with van der Waals surface area (Å²) in [6.07, 6.45) is 1.11. The van der Waals surface area contributed by atoms with Gasteiger partial charge in [0.1, 0.15) is 0 Å². The van der Waals surface area contributed by atoms with Gasteiger partial charge in [0.25, 0.3) is 11.6 Å². The van der Waals surface area contributed by atoms with Crippen LogP contribution in [0.4, 0.5) is 5.69 Å². The van der Waals surface area contributed by atoms with Crippen LogP contribution in [0, 0.1) is 22.0 Å². The molecule has 18 heavy (non-hydrogen) atoms. The van der Waals surface area contributed by atoms with Gasteiger partial charge in [0.2, 0.25) is 0 Å². The van der Waals surface area contributed by atoms with Crippen LogP contribution in [0.2, 0.25) is 5.02 Å². The first-order valence-electron chi connectivity index (χ1n) is 5.71. The van der Waals surface area contributed by atoms with Crippen LogP contribution in [0.5, 0.6) is 0 Å². The number of rotatable bonds is 4. The number of carbonyl (C=O) groups is 1. The Labute approximate surface area is 109 Å². The maximum atomic E-state index is 11.9. The lowest BCUT2D eigenvalue weighted by Crippen LogP contribution is -2.26. The number of amides is 1. The van der Waals surface area contributed by atoms with E-state index in [0.29, 0.717) is 18.4 Å². The Bertz CT molecular complexity index is 504. The maximum Gasteiger partial charge on any atom is 0.270 e. The molecule has 0 aliphatic heterocycles. The molecule has 0 saturated heterocycles. The zero-order valence-corrected chi connectivity index (χ0v) is 10.6. The molecule has 2 atom stereocenters. The molecular formula is C12H13ClN2O3. The SMILES string of the molecule is CC1CC1CNC(=O)c1cc([N+](=O)[O-])ccc1Cl. The Balaban J connectivity index is 2.08. The van der Waals surface area contributed by atoms with E-state index in [9.17, 15) is 14.9 Å². The van der Waals surface area contributed by atoms with Gasteiger partial charge in [-0.3, -0.25) is 14.9 Å². The largest absolute Gasteiger partial charge is 0.352 e. The van der Waals surface area contributed by atoms with Crippen molar-refractivity contribution in [1.29, 1.82) is 0 Å². The molecule has 1 aromatic carbocycles. The van der Waals surface area contributed by atoms with Gasteiger partial charge in [-0.1, -0.05) is 18.5 Å². The first-order valence-corrected chi connectivity index (χ1v) is 6.09. The molecule has 6 heteroatoms. The summed E-state index contributed by atoms with van der Waals surface area (Å²) in [6, 6.07) is 3.85. The highest BCUT2D eigenvalue weighted by Crippen LogP contribution is 2.36. The fraction of sp³-hybridized carbons (Fsp3) is 0.417. The van der Waals surface area contributed by atoms with E-state index in [4.69, 9.17) is 11.6 Å². The third-order valence-corrected chi connectivity index (χ3v) is 3.54.